The van der Waals surface area contributed by atoms with Crippen molar-refractivity contribution in [3.63, 3.8) is 0 Å². The zero-order valence-corrected chi connectivity index (χ0v) is 14.1. The second-order valence-corrected chi connectivity index (χ2v) is 8.59. The van der Waals surface area contributed by atoms with Crippen molar-refractivity contribution in [1.29, 1.82) is 0 Å². The third kappa shape index (κ3) is 3.40. The smallest absolute Gasteiger partial charge is 0.264 e. The summed E-state index contributed by atoms with van der Waals surface area (Å²) in [4.78, 5) is -0.0359. The van der Waals surface area contributed by atoms with Gasteiger partial charge in [0.15, 0.2) is 0 Å². The van der Waals surface area contributed by atoms with E-state index in [2.05, 4.69) is 4.72 Å². The van der Waals surface area contributed by atoms with Gasteiger partial charge < -0.3 is 0 Å². The molecule has 0 spiro atoms. The Morgan fingerprint density at radius 3 is 2.45 bits per heavy atom. The summed E-state index contributed by atoms with van der Waals surface area (Å²) in [7, 11) is -3.79. The molecule has 0 aliphatic heterocycles. The lowest BCUT2D eigenvalue weighted by atomic mass is 10.1. The molecule has 0 radical (unpaired) electrons. The summed E-state index contributed by atoms with van der Waals surface area (Å²) in [6.45, 7) is 1.77. The van der Waals surface area contributed by atoms with E-state index in [1.165, 1.54) is 6.07 Å². The highest BCUT2D eigenvalue weighted by atomic mass is 35.5. The van der Waals surface area contributed by atoms with Crippen molar-refractivity contribution < 1.29 is 8.42 Å². The molecule has 0 aliphatic carbocycles. The third-order valence-corrected chi connectivity index (χ3v) is 5.90. The summed E-state index contributed by atoms with van der Waals surface area (Å²) in [6.07, 6.45) is 0. The van der Waals surface area contributed by atoms with Gasteiger partial charge >= 0.3 is 0 Å². The van der Waals surface area contributed by atoms with Crippen molar-refractivity contribution in [3.05, 3.63) is 44.6 Å². The monoisotopic (exact) mass is 369 g/mol. The van der Waals surface area contributed by atoms with E-state index < -0.39 is 10.0 Å². The van der Waals surface area contributed by atoms with Gasteiger partial charge in [0.25, 0.3) is 10.0 Å². The van der Waals surface area contributed by atoms with Gasteiger partial charge in [-0.3, -0.25) is 4.72 Å². The average molecular weight is 371 g/mol. The third-order valence-electron chi connectivity index (χ3n) is 2.55. The summed E-state index contributed by atoms with van der Waals surface area (Å²) in [5, 5.41) is -0.324. The number of alkyl halides is 1. The number of sulfonamides is 1. The maximum atomic E-state index is 12.3. The van der Waals surface area contributed by atoms with E-state index in [0.717, 1.165) is 11.3 Å². The molecule has 0 amide bonds. The lowest BCUT2D eigenvalue weighted by Crippen LogP contribution is -2.14. The maximum Gasteiger partial charge on any atom is 0.264 e. The molecule has 1 heterocycles. The minimum absolute atomic E-state index is 0.0359. The highest BCUT2D eigenvalue weighted by Gasteiger charge is 2.22. The van der Waals surface area contributed by atoms with Gasteiger partial charge in [-0.05, 0) is 24.6 Å². The standard InChI is InChI=1S/C12H10Cl3NO2S2/c1-7(13)8-4-2-3-5-9(8)16-20(17,18)10-6-11(14)19-12(10)15/h2-7,16H,1H3. The van der Waals surface area contributed by atoms with Crippen molar-refractivity contribution >= 4 is 61.9 Å². The Kier molecular flexibility index (Phi) is 4.87. The van der Waals surface area contributed by atoms with Crippen LogP contribution in [-0.2, 0) is 10.0 Å². The minimum atomic E-state index is -3.79. The SMILES string of the molecule is CC(Cl)c1ccccc1NS(=O)(=O)c1cc(Cl)sc1Cl. The fourth-order valence-corrected chi connectivity index (χ4v) is 5.07. The van der Waals surface area contributed by atoms with Crippen LogP contribution >= 0.6 is 46.1 Å². The largest absolute Gasteiger partial charge is 0.279 e. The van der Waals surface area contributed by atoms with Gasteiger partial charge in [0, 0.05) is 0 Å². The zero-order chi connectivity index (χ0) is 14.9. The quantitative estimate of drug-likeness (QED) is 0.756. The number of hydrogen-bond acceptors (Lipinski definition) is 3. The summed E-state index contributed by atoms with van der Waals surface area (Å²) in [5.74, 6) is 0. The molecule has 108 valence electrons. The maximum absolute atomic E-state index is 12.3. The van der Waals surface area contributed by atoms with Gasteiger partial charge in [-0.1, -0.05) is 41.4 Å². The first-order chi connectivity index (χ1) is 9.31. The predicted molar refractivity (Wildman–Crippen MR) is 85.9 cm³/mol. The van der Waals surface area contributed by atoms with Crippen LogP contribution in [0.3, 0.4) is 0 Å². The van der Waals surface area contributed by atoms with Gasteiger partial charge in [-0.2, -0.15) is 0 Å². The molecule has 1 aromatic heterocycles. The van der Waals surface area contributed by atoms with Crippen LogP contribution in [0.15, 0.2) is 35.2 Å². The normalized spacial score (nSPS) is 13.2. The molecule has 0 saturated heterocycles. The highest BCUT2D eigenvalue weighted by Crippen LogP contribution is 2.36. The molecule has 2 rings (SSSR count). The Labute approximate surface area is 136 Å². The Hall–Kier alpha value is -0.460. The van der Waals surface area contributed by atoms with Crippen LogP contribution in [-0.4, -0.2) is 8.42 Å². The van der Waals surface area contributed by atoms with E-state index in [9.17, 15) is 8.42 Å². The average Bonchev–Trinajstić information content (AvgIpc) is 2.69. The molecule has 2 aromatic rings. The van der Waals surface area contributed by atoms with Crippen LogP contribution in [0.2, 0.25) is 8.67 Å². The number of para-hydroxylation sites is 1. The van der Waals surface area contributed by atoms with Crippen molar-refractivity contribution in [1.82, 2.24) is 0 Å². The Balaban J connectivity index is 2.41. The number of halogens is 3. The van der Waals surface area contributed by atoms with E-state index in [1.807, 2.05) is 0 Å². The topological polar surface area (TPSA) is 46.2 Å². The fraction of sp³-hybridized carbons (Fsp3) is 0.167. The summed E-state index contributed by atoms with van der Waals surface area (Å²) < 4.78 is 27.6. The van der Waals surface area contributed by atoms with Crippen molar-refractivity contribution in [2.45, 2.75) is 17.2 Å². The second kappa shape index (κ2) is 6.12. The first-order valence-corrected chi connectivity index (χ1v) is 9.01. The van der Waals surface area contributed by atoms with Crippen LogP contribution in [0.5, 0.6) is 0 Å². The van der Waals surface area contributed by atoms with E-state index in [4.69, 9.17) is 34.8 Å². The van der Waals surface area contributed by atoms with Gasteiger partial charge in [-0.25, -0.2) is 8.42 Å². The lowest BCUT2D eigenvalue weighted by Gasteiger charge is -2.13. The second-order valence-electron chi connectivity index (χ2n) is 4.00. The van der Waals surface area contributed by atoms with Crippen molar-refractivity contribution in [3.8, 4) is 0 Å². The molecule has 3 nitrogen and oxygen atoms in total. The summed E-state index contributed by atoms with van der Waals surface area (Å²) >= 11 is 18.7. The minimum Gasteiger partial charge on any atom is -0.279 e. The van der Waals surface area contributed by atoms with Crippen molar-refractivity contribution in [2.24, 2.45) is 0 Å². The molecule has 8 heteroatoms. The van der Waals surface area contributed by atoms with E-state index in [-0.39, 0.29) is 14.6 Å². The van der Waals surface area contributed by atoms with E-state index >= 15 is 0 Å². The van der Waals surface area contributed by atoms with Crippen LogP contribution < -0.4 is 4.72 Å². The molecule has 0 saturated carbocycles. The predicted octanol–water partition coefficient (Wildman–Crippen LogP) is 5.16. The first kappa shape index (κ1) is 15.9. The van der Waals surface area contributed by atoms with E-state index in [1.54, 1.807) is 31.2 Å². The number of rotatable bonds is 4. The number of benzene rings is 1. The Morgan fingerprint density at radius 2 is 1.90 bits per heavy atom. The van der Waals surface area contributed by atoms with Crippen LogP contribution in [0, 0.1) is 0 Å². The Morgan fingerprint density at radius 1 is 1.25 bits per heavy atom. The Bertz CT molecular complexity index is 726. The van der Waals surface area contributed by atoms with Crippen LogP contribution in [0.25, 0.3) is 0 Å². The molecule has 20 heavy (non-hydrogen) atoms. The molecule has 0 fully saturated rings. The molecule has 0 bridgehead atoms. The van der Waals surface area contributed by atoms with Gasteiger partial charge in [0.1, 0.15) is 9.23 Å². The van der Waals surface area contributed by atoms with E-state index in [0.29, 0.717) is 15.6 Å². The number of anilines is 1. The number of thiophene rings is 1. The van der Waals surface area contributed by atoms with Crippen molar-refractivity contribution in [2.75, 3.05) is 4.72 Å². The van der Waals surface area contributed by atoms with Gasteiger partial charge in [-0.15, -0.1) is 22.9 Å². The number of hydrogen-bond donors (Lipinski definition) is 1. The first-order valence-electron chi connectivity index (χ1n) is 5.52. The molecule has 1 N–H and O–H groups in total. The fourth-order valence-electron chi connectivity index (χ4n) is 1.64. The lowest BCUT2D eigenvalue weighted by molar-refractivity contribution is 0.601. The number of nitrogens with one attached hydrogen (secondary N) is 1. The molecule has 1 unspecified atom stereocenters. The van der Waals surface area contributed by atoms with Gasteiger partial charge in [0.05, 0.1) is 15.4 Å². The summed E-state index contributed by atoms with van der Waals surface area (Å²) in [6, 6.07) is 8.25. The summed E-state index contributed by atoms with van der Waals surface area (Å²) in [5.41, 5.74) is 1.11. The molecule has 1 atom stereocenters. The van der Waals surface area contributed by atoms with Crippen LogP contribution in [0.4, 0.5) is 5.69 Å². The molecule has 0 aliphatic rings. The molecule has 1 aromatic carbocycles. The highest BCUT2D eigenvalue weighted by molar-refractivity contribution is 7.93. The zero-order valence-electron chi connectivity index (χ0n) is 10.2. The van der Waals surface area contributed by atoms with Gasteiger partial charge in [0.2, 0.25) is 0 Å². The molecular formula is C12H10Cl3NO2S2. The molecular weight excluding hydrogens is 361 g/mol. The van der Waals surface area contributed by atoms with Crippen LogP contribution in [0.1, 0.15) is 17.9 Å².